The van der Waals surface area contributed by atoms with Gasteiger partial charge >= 0.3 is 0 Å². The lowest BCUT2D eigenvalue weighted by atomic mass is 10.1. The van der Waals surface area contributed by atoms with Crippen LogP contribution < -0.4 is 11.3 Å². The zero-order valence-electron chi connectivity index (χ0n) is 11.1. The molecule has 0 amide bonds. The van der Waals surface area contributed by atoms with Crippen molar-refractivity contribution < 1.29 is 4.74 Å². The summed E-state index contributed by atoms with van der Waals surface area (Å²) < 4.78 is 5.62. The largest absolute Gasteiger partial charge is 0.371 e. The SMILES string of the molecule is CCOC(CC)c1nc(CC)c(C)c(NN)n1. The fourth-order valence-corrected chi connectivity index (χ4v) is 1.79. The maximum Gasteiger partial charge on any atom is 0.159 e. The van der Waals surface area contributed by atoms with Gasteiger partial charge in [-0.25, -0.2) is 15.8 Å². The molecule has 0 saturated carbocycles. The summed E-state index contributed by atoms with van der Waals surface area (Å²) in [6.45, 7) is 8.73. The van der Waals surface area contributed by atoms with Crippen LogP contribution in [0.1, 0.15) is 50.4 Å². The first-order valence-corrected chi connectivity index (χ1v) is 6.13. The Morgan fingerprint density at radius 2 is 2.00 bits per heavy atom. The predicted octanol–water partition coefficient (Wildman–Crippen LogP) is 2.12. The van der Waals surface area contributed by atoms with Gasteiger partial charge in [0.05, 0.1) is 0 Å². The number of rotatable bonds is 6. The van der Waals surface area contributed by atoms with Crippen molar-refractivity contribution in [1.29, 1.82) is 0 Å². The average Bonchev–Trinajstić information content (AvgIpc) is 2.36. The molecule has 0 aliphatic carbocycles. The molecule has 1 rings (SSSR count). The van der Waals surface area contributed by atoms with E-state index in [4.69, 9.17) is 10.6 Å². The van der Waals surface area contributed by atoms with Crippen molar-refractivity contribution in [1.82, 2.24) is 9.97 Å². The molecule has 0 fully saturated rings. The number of nitrogen functional groups attached to an aromatic ring is 1. The van der Waals surface area contributed by atoms with Gasteiger partial charge in [0.15, 0.2) is 5.82 Å². The molecule has 1 atom stereocenters. The second kappa shape index (κ2) is 6.51. The van der Waals surface area contributed by atoms with E-state index in [9.17, 15) is 0 Å². The van der Waals surface area contributed by atoms with Gasteiger partial charge in [0.25, 0.3) is 0 Å². The molecule has 5 heteroatoms. The van der Waals surface area contributed by atoms with Gasteiger partial charge in [0, 0.05) is 17.9 Å². The summed E-state index contributed by atoms with van der Waals surface area (Å²) in [5, 5.41) is 0. The summed E-state index contributed by atoms with van der Waals surface area (Å²) in [5.74, 6) is 6.88. The molecule has 1 heterocycles. The summed E-state index contributed by atoms with van der Waals surface area (Å²) in [6.07, 6.45) is 1.65. The van der Waals surface area contributed by atoms with Gasteiger partial charge in [-0.05, 0) is 26.7 Å². The van der Waals surface area contributed by atoms with Crippen molar-refractivity contribution >= 4 is 5.82 Å². The van der Waals surface area contributed by atoms with Gasteiger partial charge in [0.2, 0.25) is 0 Å². The summed E-state index contributed by atoms with van der Waals surface area (Å²) in [4.78, 5) is 8.97. The Labute approximate surface area is 103 Å². The van der Waals surface area contributed by atoms with Gasteiger partial charge in [-0.2, -0.15) is 0 Å². The molecule has 1 aromatic heterocycles. The van der Waals surface area contributed by atoms with Crippen LogP contribution in [0.25, 0.3) is 0 Å². The maximum absolute atomic E-state index is 5.62. The lowest BCUT2D eigenvalue weighted by Gasteiger charge is -2.17. The molecule has 0 spiro atoms. The van der Waals surface area contributed by atoms with Gasteiger partial charge in [0.1, 0.15) is 11.9 Å². The molecule has 3 N–H and O–H groups in total. The van der Waals surface area contributed by atoms with Crippen molar-refractivity contribution in [2.24, 2.45) is 5.84 Å². The van der Waals surface area contributed by atoms with Gasteiger partial charge in [-0.15, -0.1) is 0 Å². The predicted molar refractivity (Wildman–Crippen MR) is 68.6 cm³/mol. The Balaban J connectivity index is 3.15. The van der Waals surface area contributed by atoms with Crippen LogP contribution in [-0.4, -0.2) is 16.6 Å². The van der Waals surface area contributed by atoms with Crippen LogP contribution in [0.5, 0.6) is 0 Å². The Bertz CT molecular complexity index is 343. The maximum atomic E-state index is 5.62. The van der Waals surface area contributed by atoms with E-state index in [2.05, 4.69) is 29.2 Å². The van der Waals surface area contributed by atoms with Crippen LogP contribution in [0, 0.1) is 6.92 Å². The number of hydrogen-bond donors (Lipinski definition) is 2. The van der Waals surface area contributed by atoms with E-state index in [1.807, 2.05) is 13.8 Å². The highest BCUT2D eigenvalue weighted by Gasteiger charge is 2.16. The van der Waals surface area contributed by atoms with E-state index in [0.29, 0.717) is 18.2 Å². The number of hydrazine groups is 1. The van der Waals surface area contributed by atoms with Crippen LogP contribution >= 0.6 is 0 Å². The Hall–Kier alpha value is -1.20. The number of nitrogens with zero attached hydrogens (tertiary/aromatic N) is 2. The van der Waals surface area contributed by atoms with E-state index >= 15 is 0 Å². The number of nitrogens with two attached hydrogens (primary N) is 1. The number of ether oxygens (including phenoxy) is 1. The Morgan fingerprint density at radius 1 is 1.29 bits per heavy atom. The summed E-state index contributed by atoms with van der Waals surface area (Å²) in [7, 11) is 0. The van der Waals surface area contributed by atoms with Crippen LogP contribution in [0.2, 0.25) is 0 Å². The number of nitrogens with one attached hydrogen (secondary N) is 1. The topological polar surface area (TPSA) is 73.1 Å². The molecule has 17 heavy (non-hydrogen) atoms. The molecular weight excluding hydrogens is 216 g/mol. The van der Waals surface area contributed by atoms with E-state index < -0.39 is 0 Å². The van der Waals surface area contributed by atoms with Crippen molar-refractivity contribution in [2.45, 2.75) is 46.6 Å². The molecule has 96 valence electrons. The second-order valence-electron chi connectivity index (χ2n) is 3.85. The summed E-state index contributed by atoms with van der Waals surface area (Å²) in [6, 6.07) is 0. The molecule has 0 aliphatic rings. The first kappa shape index (κ1) is 13.9. The van der Waals surface area contributed by atoms with Crippen LogP contribution in [0.3, 0.4) is 0 Å². The third-order valence-corrected chi connectivity index (χ3v) is 2.76. The minimum absolute atomic E-state index is 0.0574. The van der Waals surface area contributed by atoms with Crippen LogP contribution in [-0.2, 0) is 11.2 Å². The van der Waals surface area contributed by atoms with Crippen molar-refractivity contribution in [2.75, 3.05) is 12.0 Å². The highest BCUT2D eigenvalue weighted by Crippen LogP contribution is 2.22. The first-order valence-electron chi connectivity index (χ1n) is 6.13. The zero-order chi connectivity index (χ0) is 12.8. The van der Waals surface area contributed by atoms with E-state index in [1.54, 1.807) is 0 Å². The standard InChI is InChI=1S/C12H22N4O/c1-5-9-8(4)11(16-13)15-12(14-9)10(6-2)17-7-3/h10H,5-7,13H2,1-4H3,(H,14,15,16). The van der Waals surface area contributed by atoms with Crippen molar-refractivity contribution in [3.8, 4) is 0 Å². The lowest BCUT2D eigenvalue weighted by molar-refractivity contribution is 0.0534. The van der Waals surface area contributed by atoms with Crippen LogP contribution in [0.4, 0.5) is 5.82 Å². The van der Waals surface area contributed by atoms with Crippen LogP contribution in [0.15, 0.2) is 0 Å². The highest BCUT2D eigenvalue weighted by molar-refractivity contribution is 5.44. The van der Waals surface area contributed by atoms with E-state index in [0.717, 1.165) is 24.1 Å². The number of aryl methyl sites for hydroxylation is 1. The Morgan fingerprint density at radius 3 is 2.47 bits per heavy atom. The first-order chi connectivity index (χ1) is 8.17. The molecule has 1 aromatic rings. The van der Waals surface area contributed by atoms with Gasteiger partial charge in [-0.1, -0.05) is 13.8 Å². The van der Waals surface area contributed by atoms with Crippen molar-refractivity contribution in [3.63, 3.8) is 0 Å². The minimum Gasteiger partial charge on any atom is -0.371 e. The molecule has 0 aromatic carbocycles. The molecule has 1 unspecified atom stereocenters. The third kappa shape index (κ3) is 3.14. The number of anilines is 1. The normalized spacial score (nSPS) is 12.5. The molecule has 0 radical (unpaired) electrons. The van der Waals surface area contributed by atoms with E-state index in [1.165, 1.54) is 0 Å². The Kier molecular flexibility index (Phi) is 5.31. The molecule has 0 aliphatic heterocycles. The number of hydrogen-bond acceptors (Lipinski definition) is 5. The van der Waals surface area contributed by atoms with Gasteiger partial charge in [-0.3, -0.25) is 0 Å². The highest BCUT2D eigenvalue weighted by atomic mass is 16.5. The minimum atomic E-state index is -0.0574. The number of aromatic nitrogens is 2. The lowest BCUT2D eigenvalue weighted by Crippen LogP contribution is -2.16. The van der Waals surface area contributed by atoms with E-state index in [-0.39, 0.29) is 6.10 Å². The summed E-state index contributed by atoms with van der Waals surface area (Å²) in [5.41, 5.74) is 4.64. The molecule has 5 nitrogen and oxygen atoms in total. The molecule has 0 bridgehead atoms. The fraction of sp³-hybridized carbons (Fsp3) is 0.667. The third-order valence-electron chi connectivity index (χ3n) is 2.76. The quantitative estimate of drug-likeness (QED) is 0.586. The van der Waals surface area contributed by atoms with Gasteiger partial charge < -0.3 is 10.2 Å². The second-order valence-corrected chi connectivity index (χ2v) is 3.85. The fourth-order valence-electron chi connectivity index (χ4n) is 1.79. The summed E-state index contributed by atoms with van der Waals surface area (Å²) >= 11 is 0. The smallest absolute Gasteiger partial charge is 0.159 e. The zero-order valence-corrected chi connectivity index (χ0v) is 11.1. The average molecular weight is 238 g/mol. The monoisotopic (exact) mass is 238 g/mol. The molecular formula is C12H22N4O. The van der Waals surface area contributed by atoms with Crippen molar-refractivity contribution in [3.05, 3.63) is 17.1 Å². The molecule has 0 saturated heterocycles.